The number of amides is 2. The van der Waals surface area contributed by atoms with Gasteiger partial charge in [-0.15, -0.1) is 0 Å². The van der Waals surface area contributed by atoms with E-state index in [4.69, 9.17) is 0 Å². The number of anilines is 1. The molecule has 2 aromatic carbocycles. The summed E-state index contributed by atoms with van der Waals surface area (Å²) in [5, 5.41) is 7.22. The van der Waals surface area contributed by atoms with Gasteiger partial charge in [-0.05, 0) is 0 Å². The Hall–Kier alpha value is -2.76. The van der Waals surface area contributed by atoms with E-state index in [1.165, 1.54) is 6.92 Å². The van der Waals surface area contributed by atoms with E-state index in [2.05, 4.69) is 15.4 Å². The average Bonchev–Trinajstić information content (AvgIpc) is 3.00. The van der Waals surface area contributed by atoms with Crippen molar-refractivity contribution in [2.24, 2.45) is 4.99 Å². The Bertz CT molecular complexity index is 972. The molecule has 0 saturated carbocycles. The molecular formula is C18H16N4O2Se. The monoisotopic (exact) mass is 400 g/mol. The van der Waals surface area contributed by atoms with Gasteiger partial charge in [0.15, 0.2) is 0 Å². The van der Waals surface area contributed by atoms with Gasteiger partial charge in [0, 0.05) is 0 Å². The van der Waals surface area contributed by atoms with Crippen LogP contribution in [0.25, 0.3) is 5.69 Å². The normalized spacial score (nSPS) is 11.4. The van der Waals surface area contributed by atoms with E-state index < -0.39 is 14.5 Å². The summed E-state index contributed by atoms with van der Waals surface area (Å²) in [6.07, 6.45) is 0. The zero-order chi connectivity index (χ0) is 17.8. The van der Waals surface area contributed by atoms with Gasteiger partial charge in [0.2, 0.25) is 0 Å². The fourth-order valence-electron chi connectivity index (χ4n) is 2.14. The molecule has 1 aromatic heterocycles. The van der Waals surface area contributed by atoms with E-state index in [0.717, 1.165) is 11.3 Å². The molecule has 0 saturated heterocycles. The fourth-order valence-corrected chi connectivity index (χ4v) is 3.92. The summed E-state index contributed by atoms with van der Waals surface area (Å²) < 4.78 is 2.44. The summed E-state index contributed by atoms with van der Waals surface area (Å²) in [5.41, 5.74) is 2.59. The standard InChI is InChI=1S/C18H16N4O2Se/c1-12-8-10-15(11-9-12)22-18(19-13(2)23)25-17(21-22)16(24)20-14-6-4-3-5-7-14/h3-11H,1-2H3,(H,20,24). The third-order valence-corrected chi connectivity index (χ3v) is 5.22. The van der Waals surface area contributed by atoms with Crippen molar-refractivity contribution in [3.63, 3.8) is 0 Å². The van der Waals surface area contributed by atoms with Crippen molar-refractivity contribution in [3.8, 4) is 5.69 Å². The number of nitrogens with zero attached hydrogens (tertiary/aromatic N) is 3. The summed E-state index contributed by atoms with van der Waals surface area (Å²) >= 11 is -0.449. The third kappa shape index (κ3) is 4.21. The first-order chi connectivity index (χ1) is 12.0. The SMILES string of the molecule is CC(=O)N=c1[se]c(C(=O)Nc2ccccc2)nn1-c1ccc(C)cc1. The van der Waals surface area contributed by atoms with E-state index in [9.17, 15) is 9.59 Å². The van der Waals surface area contributed by atoms with Crippen LogP contribution in [0.1, 0.15) is 21.8 Å². The quantitative estimate of drug-likeness (QED) is 0.684. The number of aromatic nitrogens is 2. The van der Waals surface area contributed by atoms with Crippen molar-refractivity contribution >= 4 is 32.0 Å². The zero-order valence-electron chi connectivity index (χ0n) is 13.8. The molecule has 7 heteroatoms. The number of nitrogens with one attached hydrogen (secondary N) is 1. The predicted octanol–water partition coefficient (Wildman–Crippen LogP) is 1.94. The number of aryl methyl sites for hydroxylation is 1. The molecule has 3 rings (SSSR count). The zero-order valence-corrected chi connectivity index (χ0v) is 15.5. The molecule has 0 aliphatic rings. The summed E-state index contributed by atoms with van der Waals surface area (Å²) in [6, 6.07) is 16.9. The Morgan fingerprint density at radius 2 is 1.76 bits per heavy atom. The van der Waals surface area contributed by atoms with Crippen LogP contribution in [0.15, 0.2) is 59.6 Å². The minimum absolute atomic E-state index is 0.280. The van der Waals surface area contributed by atoms with E-state index in [0.29, 0.717) is 14.6 Å². The number of hydrogen-bond acceptors (Lipinski definition) is 3. The molecular weight excluding hydrogens is 383 g/mol. The van der Waals surface area contributed by atoms with Gasteiger partial charge in [-0.2, -0.15) is 0 Å². The van der Waals surface area contributed by atoms with Crippen LogP contribution in [-0.4, -0.2) is 36.1 Å². The van der Waals surface area contributed by atoms with Crippen molar-refractivity contribution in [2.45, 2.75) is 13.8 Å². The van der Waals surface area contributed by atoms with Crippen LogP contribution in [0, 0.1) is 6.92 Å². The second-order valence-corrected chi connectivity index (χ2v) is 7.39. The van der Waals surface area contributed by atoms with Gasteiger partial charge in [-0.25, -0.2) is 0 Å². The van der Waals surface area contributed by atoms with Crippen LogP contribution in [0.3, 0.4) is 0 Å². The molecule has 0 aliphatic heterocycles. The number of para-hydroxylation sites is 1. The molecule has 1 heterocycles. The van der Waals surface area contributed by atoms with Crippen LogP contribution < -0.4 is 9.68 Å². The Kier molecular flexibility index (Phi) is 5.07. The van der Waals surface area contributed by atoms with Gasteiger partial charge >= 0.3 is 150 Å². The van der Waals surface area contributed by atoms with E-state index in [1.807, 2.05) is 61.5 Å². The molecule has 3 aromatic rings. The van der Waals surface area contributed by atoms with Gasteiger partial charge < -0.3 is 0 Å². The predicted molar refractivity (Wildman–Crippen MR) is 95.9 cm³/mol. The number of carbonyl (C=O) groups is 2. The molecule has 2 amide bonds. The first-order valence-corrected chi connectivity index (χ1v) is 9.33. The van der Waals surface area contributed by atoms with Crippen molar-refractivity contribution < 1.29 is 9.59 Å². The average molecular weight is 399 g/mol. The second-order valence-electron chi connectivity index (χ2n) is 5.39. The van der Waals surface area contributed by atoms with Crippen molar-refractivity contribution in [2.75, 3.05) is 5.32 Å². The molecule has 25 heavy (non-hydrogen) atoms. The van der Waals surface area contributed by atoms with Gasteiger partial charge in [0.05, 0.1) is 0 Å². The van der Waals surface area contributed by atoms with Crippen molar-refractivity contribution in [3.05, 3.63) is 69.1 Å². The van der Waals surface area contributed by atoms with E-state index in [-0.39, 0.29) is 11.8 Å². The summed E-state index contributed by atoms with van der Waals surface area (Å²) in [4.78, 5) is 28.0. The molecule has 1 N–H and O–H groups in total. The first kappa shape index (κ1) is 17.1. The van der Waals surface area contributed by atoms with E-state index in [1.54, 1.807) is 4.68 Å². The number of hydrogen-bond donors (Lipinski definition) is 1. The van der Waals surface area contributed by atoms with Gasteiger partial charge in [0.25, 0.3) is 0 Å². The Labute approximate surface area is 150 Å². The molecule has 0 bridgehead atoms. The maximum atomic E-state index is 12.5. The van der Waals surface area contributed by atoms with Crippen LogP contribution in [-0.2, 0) is 4.79 Å². The number of carbonyl (C=O) groups excluding carboxylic acids is 2. The van der Waals surface area contributed by atoms with E-state index >= 15 is 0 Å². The van der Waals surface area contributed by atoms with Crippen molar-refractivity contribution in [1.82, 2.24) is 9.78 Å². The van der Waals surface area contributed by atoms with Crippen molar-refractivity contribution in [1.29, 1.82) is 0 Å². The number of rotatable bonds is 3. The van der Waals surface area contributed by atoms with Gasteiger partial charge in [-0.3, -0.25) is 0 Å². The minimum atomic E-state index is -0.449. The number of benzene rings is 2. The van der Waals surface area contributed by atoms with Gasteiger partial charge in [-0.1, -0.05) is 0 Å². The van der Waals surface area contributed by atoms with Gasteiger partial charge in [0.1, 0.15) is 0 Å². The third-order valence-electron chi connectivity index (χ3n) is 3.32. The molecule has 0 aliphatic carbocycles. The molecule has 0 spiro atoms. The van der Waals surface area contributed by atoms with Crippen LogP contribution >= 0.6 is 0 Å². The topological polar surface area (TPSA) is 76.3 Å². The summed E-state index contributed by atoms with van der Waals surface area (Å²) in [7, 11) is 0. The molecule has 0 fully saturated rings. The van der Waals surface area contributed by atoms with Crippen LogP contribution in [0.2, 0.25) is 0 Å². The Morgan fingerprint density at radius 3 is 2.40 bits per heavy atom. The first-order valence-electron chi connectivity index (χ1n) is 7.62. The van der Waals surface area contributed by atoms with Crippen LogP contribution in [0.5, 0.6) is 0 Å². The second kappa shape index (κ2) is 7.42. The van der Waals surface area contributed by atoms with Crippen LogP contribution in [0.4, 0.5) is 5.69 Å². The molecule has 6 nitrogen and oxygen atoms in total. The molecule has 0 radical (unpaired) electrons. The molecule has 0 atom stereocenters. The fraction of sp³-hybridized carbons (Fsp3) is 0.111. The Morgan fingerprint density at radius 1 is 1.08 bits per heavy atom. The molecule has 126 valence electrons. The summed E-state index contributed by atoms with van der Waals surface area (Å²) in [5.74, 6) is -0.592. The molecule has 0 unspecified atom stereocenters. The Balaban J connectivity index is 2.00. The maximum absolute atomic E-state index is 12.5. The summed E-state index contributed by atoms with van der Waals surface area (Å²) in [6.45, 7) is 3.38.